The fraction of sp³-hybridized carbons (Fsp3) is 0.333. The highest BCUT2D eigenvalue weighted by Gasteiger charge is 2.26. The van der Waals surface area contributed by atoms with Crippen LogP contribution in [0.3, 0.4) is 0 Å². The summed E-state index contributed by atoms with van der Waals surface area (Å²) >= 11 is 0. The van der Waals surface area contributed by atoms with Crippen molar-refractivity contribution in [3.63, 3.8) is 0 Å². The highest BCUT2D eigenvalue weighted by molar-refractivity contribution is 6.04. The monoisotopic (exact) mass is 368 g/mol. The van der Waals surface area contributed by atoms with Gasteiger partial charge < -0.3 is 20.1 Å². The van der Waals surface area contributed by atoms with E-state index in [1.165, 1.54) is 0 Å². The van der Waals surface area contributed by atoms with Crippen molar-refractivity contribution in [3.05, 3.63) is 53.6 Å². The number of carbonyl (C=O) groups is 2. The first kappa shape index (κ1) is 18.8. The average molecular weight is 368 g/mol. The third-order valence-corrected chi connectivity index (χ3v) is 4.38. The molecule has 0 saturated heterocycles. The number of carbonyl (C=O) groups excluding carboxylic acids is 2. The molecule has 0 aromatic heterocycles. The van der Waals surface area contributed by atoms with Gasteiger partial charge in [0.25, 0.3) is 5.91 Å². The van der Waals surface area contributed by atoms with Crippen LogP contribution in [-0.2, 0) is 11.2 Å². The van der Waals surface area contributed by atoms with Crippen LogP contribution in [0.5, 0.6) is 11.5 Å². The van der Waals surface area contributed by atoms with Crippen molar-refractivity contribution in [1.29, 1.82) is 0 Å². The van der Waals surface area contributed by atoms with E-state index in [4.69, 9.17) is 9.47 Å². The number of ether oxygens (including phenoxy) is 2. The second kappa shape index (κ2) is 8.12. The average Bonchev–Trinajstić information content (AvgIpc) is 2.67. The Morgan fingerprint density at radius 2 is 1.89 bits per heavy atom. The number of methoxy groups -OCH3 is 1. The van der Waals surface area contributed by atoms with E-state index in [1.807, 2.05) is 26.0 Å². The van der Waals surface area contributed by atoms with Gasteiger partial charge >= 0.3 is 0 Å². The standard InChI is InChI=1S/C21H24N2O4/c1-13(2)22-21(25)16-10-15-11-17(6-9-19(15)27-12-16)23-20(24)14-4-7-18(26-3)8-5-14/h4-9,11,13,16H,10,12H2,1-3H3,(H,22,25)(H,23,24)/t16-/m0/s1. The van der Waals surface area contributed by atoms with Crippen LogP contribution in [0.15, 0.2) is 42.5 Å². The molecule has 0 unspecified atom stereocenters. The molecular weight excluding hydrogens is 344 g/mol. The Bertz CT molecular complexity index is 831. The molecule has 0 spiro atoms. The summed E-state index contributed by atoms with van der Waals surface area (Å²) in [6.45, 7) is 4.23. The SMILES string of the molecule is COc1ccc(C(=O)Nc2ccc3c(c2)C[C@H](C(=O)NC(C)C)CO3)cc1. The quantitative estimate of drug-likeness (QED) is 0.851. The summed E-state index contributed by atoms with van der Waals surface area (Å²) < 4.78 is 10.8. The molecular formula is C21H24N2O4. The Morgan fingerprint density at radius 3 is 2.56 bits per heavy atom. The Hall–Kier alpha value is -3.02. The molecule has 0 saturated carbocycles. The van der Waals surface area contributed by atoms with Gasteiger partial charge in [0.2, 0.25) is 5.91 Å². The van der Waals surface area contributed by atoms with E-state index in [-0.39, 0.29) is 23.8 Å². The number of anilines is 1. The van der Waals surface area contributed by atoms with Crippen molar-refractivity contribution >= 4 is 17.5 Å². The first-order chi connectivity index (χ1) is 13.0. The van der Waals surface area contributed by atoms with E-state index in [9.17, 15) is 9.59 Å². The van der Waals surface area contributed by atoms with Crippen LogP contribution in [0.25, 0.3) is 0 Å². The summed E-state index contributed by atoms with van der Waals surface area (Å²) in [5.41, 5.74) is 2.12. The van der Waals surface area contributed by atoms with Gasteiger partial charge in [-0.15, -0.1) is 0 Å². The summed E-state index contributed by atoms with van der Waals surface area (Å²) in [6, 6.07) is 12.5. The normalized spacial score (nSPS) is 15.5. The molecule has 0 fully saturated rings. The smallest absolute Gasteiger partial charge is 0.255 e. The van der Waals surface area contributed by atoms with Crippen LogP contribution in [-0.4, -0.2) is 31.6 Å². The van der Waals surface area contributed by atoms with Gasteiger partial charge in [-0.05, 0) is 68.3 Å². The number of nitrogens with one attached hydrogen (secondary N) is 2. The Morgan fingerprint density at radius 1 is 1.15 bits per heavy atom. The minimum Gasteiger partial charge on any atom is -0.497 e. The maximum atomic E-state index is 12.4. The van der Waals surface area contributed by atoms with E-state index in [2.05, 4.69) is 10.6 Å². The van der Waals surface area contributed by atoms with Gasteiger partial charge in [0, 0.05) is 17.3 Å². The first-order valence-electron chi connectivity index (χ1n) is 8.97. The number of benzene rings is 2. The lowest BCUT2D eigenvalue weighted by atomic mass is 9.95. The van der Waals surface area contributed by atoms with Gasteiger partial charge in [-0.2, -0.15) is 0 Å². The molecule has 0 bridgehead atoms. The van der Waals surface area contributed by atoms with E-state index in [0.717, 1.165) is 11.3 Å². The molecule has 1 aliphatic heterocycles. The van der Waals surface area contributed by atoms with Gasteiger partial charge in [0.15, 0.2) is 0 Å². The Balaban J connectivity index is 1.70. The number of hydrogen-bond acceptors (Lipinski definition) is 4. The fourth-order valence-electron chi connectivity index (χ4n) is 2.99. The van der Waals surface area contributed by atoms with Crippen molar-refractivity contribution in [2.75, 3.05) is 19.0 Å². The van der Waals surface area contributed by atoms with Crippen molar-refractivity contribution in [2.24, 2.45) is 5.92 Å². The van der Waals surface area contributed by atoms with Crippen LogP contribution in [0, 0.1) is 5.92 Å². The maximum Gasteiger partial charge on any atom is 0.255 e. The van der Waals surface area contributed by atoms with Gasteiger partial charge in [-0.1, -0.05) is 0 Å². The lowest BCUT2D eigenvalue weighted by molar-refractivity contribution is -0.126. The molecule has 0 aliphatic carbocycles. The summed E-state index contributed by atoms with van der Waals surface area (Å²) in [6.07, 6.45) is 0.583. The van der Waals surface area contributed by atoms with Crippen molar-refractivity contribution in [1.82, 2.24) is 5.32 Å². The van der Waals surface area contributed by atoms with Gasteiger partial charge in [-0.3, -0.25) is 9.59 Å². The molecule has 1 aliphatic rings. The lowest BCUT2D eigenvalue weighted by Crippen LogP contribution is -2.40. The molecule has 2 aromatic carbocycles. The maximum absolute atomic E-state index is 12.4. The zero-order valence-corrected chi connectivity index (χ0v) is 15.7. The second-order valence-electron chi connectivity index (χ2n) is 6.88. The zero-order valence-electron chi connectivity index (χ0n) is 15.7. The summed E-state index contributed by atoms with van der Waals surface area (Å²) in [4.78, 5) is 24.7. The third kappa shape index (κ3) is 4.58. The van der Waals surface area contributed by atoms with E-state index in [0.29, 0.717) is 30.0 Å². The predicted molar refractivity (Wildman–Crippen MR) is 103 cm³/mol. The predicted octanol–water partition coefficient (Wildman–Crippen LogP) is 3.02. The number of fused-ring (bicyclic) bond motifs is 1. The first-order valence-corrected chi connectivity index (χ1v) is 8.97. The molecule has 2 amide bonds. The van der Waals surface area contributed by atoms with Crippen molar-refractivity contribution in [2.45, 2.75) is 26.3 Å². The molecule has 6 heteroatoms. The van der Waals surface area contributed by atoms with E-state index in [1.54, 1.807) is 37.4 Å². The van der Waals surface area contributed by atoms with Crippen LogP contribution in [0.2, 0.25) is 0 Å². The third-order valence-electron chi connectivity index (χ3n) is 4.38. The van der Waals surface area contributed by atoms with Crippen LogP contribution in [0.4, 0.5) is 5.69 Å². The number of rotatable bonds is 5. The van der Waals surface area contributed by atoms with Gasteiger partial charge in [0.05, 0.1) is 13.0 Å². The van der Waals surface area contributed by atoms with Gasteiger partial charge in [-0.25, -0.2) is 0 Å². The van der Waals surface area contributed by atoms with E-state index >= 15 is 0 Å². The summed E-state index contributed by atoms with van der Waals surface area (Å²) in [5.74, 6) is 1.01. The van der Waals surface area contributed by atoms with Crippen LogP contribution < -0.4 is 20.1 Å². The molecule has 0 radical (unpaired) electrons. The molecule has 6 nitrogen and oxygen atoms in total. The van der Waals surface area contributed by atoms with E-state index < -0.39 is 0 Å². The Kier molecular flexibility index (Phi) is 5.64. The molecule has 3 rings (SSSR count). The number of hydrogen-bond donors (Lipinski definition) is 2. The minimum atomic E-state index is -0.229. The summed E-state index contributed by atoms with van der Waals surface area (Å²) in [7, 11) is 1.58. The highest BCUT2D eigenvalue weighted by atomic mass is 16.5. The topological polar surface area (TPSA) is 76.7 Å². The van der Waals surface area contributed by atoms with Gasteiger partial charge in [0.1, 0.15) is 18.1 Å². The second-order valence-corrected chi connectivity index (χ2v) is 6.88. The fourth-order valence-corrected chi connectivity index (χ4v) is 2.99. The summed E-state index contributed by atoms with van der Waals surface area (Å²) in [5, 5.41) is 5.81. The molecule has 2 N–H and O–H groups in total. The molecule has 142 valence electrons. The zero-order chi connectivity index (χ0) is 19.4. The molecule has 27 heavy (non-hydrogen) atoms. The number of amides is 2. The Labute approximate surface area is 158 Å². The van der Waals surface area contributed by atoms with Crippen molar-refractivity contribution in [3.8, 4) is 11.5 Å². The van der Waals surface area contributed by atoms with Crippen LogP contribution in [0.1, 0.15) is 29.8 Å². The molecule has 2 aromatic rings. The molecule has 1 atom stereocenters. The molecule has 1 heterocycles. The lowest BCUT2D eigenvalue weighted by Gasteiger charge is -2.26. The van der Waals surface area contributed by atoms with Crippen LogP contribution >= 0.6 is 0 Å². The highest BCUT2D eigenvalue weighted by Crippen LogP contribution is 2.30. The van der Waals surface area contributed by atoms with Crippen molar-refractivity contribution < 1.29 is 19.1 Å². The largest absolute Gasteiger partial charge is 0.497 e. The minimum absolute atomic E-state index is 0.0108.